The van der Waals surface area contributed by atoms with Gasteiger partial charge in [0.25, 0.3) is 0 Å². The molecule has 0 saturated heterocycles. The molecule has 0 saturated carbocycles. The maximum Gasteiger partial charge on any atom is 0.401 e. The monoisotopic (exact) mass is 349 g/mol. The Hall–Kier alpha value is -0.0100. The van der Waals surface area contributed by atoms with Gasteiger partial charge in [0.1, 0.15) is 0 Å². The van der Waals surface area contributed by atoms with E-state index in [0.717, 1.165) is 9.13 Å². The molecule has 0 aliphatic carbocycles. The van der Waals surface area contributed by atoms with E-state index >= 15 is 0 Å². The first-order chi connectivity index (χ1) is 6.88. The molecule has 0 aliphatic rings. The molecular weight excluding hydrogens is 341 g/mol. The Morgan fingerprint density at radius 1 is 1.33 bits per heavy atom. The molecule has 0 aromatic heterocycles. The lowest BCUT2D eigenvalue weighted by molar-refractivity contribution is -0.125. The molecule has 0 aliphatic heterocycles. The van der Waals surface area contributed by atoms with Crippen LogP contribution in [0, 0.1) is 3.57 Å². The second kappa shape index (κ2) is 5.36. The van der Waals surface area contributed by atoms with Crippen molar-refractivity contribution in [2.24, 2.45) is 0 Å². The molecule has 0 fully saturated rings. The van der Waals surface area contributed by atoms with Gasteiger partial charge in [0.15, 0.2) is 0 Å². The van der Waals surface area contributed by atoms with Crippen LogP contribution in [-0.2, 0) is 6.54 Å². The fraction of sp³-hybridized carbons (Fsp3) is 0.333. The van der Waals surface area contributed by atoms with E-state index in [1.807, 2.05) is 0 Å². The molecule has 6 heteroatoms. The van der Waals surface area contributed by atoms with Crippen molar-refractivity contribution in [1.29, 1.82) is 0 Å². The second-order valence-electron chi connectivity index (χ2n) is 2.95. The largest absolute Gasteiger partial charge is 0.401 e. The van der Waals surface area contributed by atoms with E-state index in [2.05, 4.69) is 27.9 Å². The number of hydrogen-bond acceptors (Lipinski definition) is 1. The summed E-state index contributed by atoms with van der Waals surface area (Å²) in [5.41, 5.74) is 0.771. The van der Waals surface area contributed by atoms with Crippen LogP contribution in [0.4, 0.5) is 13.2 Å². The molecule has 0 spiro atoms. The summed E-state index contributed by atoms with van der Waals surface area (Å²) in [5.74, 6) is 0. The van der Waals surface area contributed by atoms with Gasteiger partial charge in [-0.15, -0.1) is 0 Å². The molecule has 1 aromatic carbocycles. The number of benzene rings is 1. The molecule has 1 N–H and O–H groups in total. The van der Waals surface area contributed by atoms with Gasteiger partial charge in [-0.25, -0.2) is 0 Å². The fourth-order valence-corrected chi connectivity index (χ4v) is 1.74. The number of hydrogen-bond donors (Lipinski definition) is 1. The van der Waals surface area contributed by atoms with Crippen LogP contribution in [0.2, 0.25) is 5.02 Å². The summed E-state index contributed by atoms with van der Waals surface area (Å²) in [6, 6.07) is 5.14. The first-order valence-corrected chi connectivity index (χ1v) is 5.55. The van der Waals surface area contributed by atoms with Crippen molar-refractivity contribution in [2.75, 3.05) is 6.54 Å². The minimum atomic E-state index is -4.18. The summed E-state index contributed by atoms with van der Waals surface area (Å²) < 4.78 is 36.4. The molecule has 0 heterocycles. The van der Waals surface area contributed by atoms with E-state index < -0.39 is 12.7 Å². The van der Waals surface area contributed by atoms with Gasteiger partial charge >= 0.3 is 6.18 Å². The van der Waals surface area contributed by atoms with E-state index in [4.69, 9.17) is 11.6 Å². The first-order valence-electron chi connectivity index (χ1n) is 4.10. The third-order valence-electron chi connectivity index (χ3n) is 1.65. The average Bonchev–Trinajstić information content (AvgIpc) is 2.09. The van der Waals surface area contributed by atoms with E-state index in [9.17, 15) is 13.2 Å². The normalized spacial score (nSPS) is 11.8. The summed E-state index contributed by atoms with van der Waals surface area (Å²) >= 11 is 7.79. The van der Waals surface area contributed by atoms with E-state index in [1.54, 1.807) is 18.2 Å². The molecule has 1 nitrogen and oxygen atoms in total. The van der Waals surface area contributed by atoms with Gasteiger partial charge in [-0.05, 0) is 46.4 Å². The van der Waals surface area contributed by atoms with E-state index in [-0.39, 0.29) is 6.54 Å². The zero-order valence-electron chi connectivity index (χ0n) is 7.54. The summed E-state index contributed by atoms with van der Waals surface area (Å²) in [6.07, 6.45) is -4.18. The molecule has 0 unspecified atom stereocenters. The van der Waals surface area contributed by atoms with Crippen molar-refractivity contribution in [3.63, 3.8) is 0 Å². The Morgan fingerprint density at radius 2 is 2.00 bits per heavy atom. The van der Waals surface area contributed by atoms with Gasteiger partial charge in [-0.2, -0.15) is 13.2 Å². The fourth-order valence-electron chi connectivity index (χ4n) is 1.02. The van der Waals surface area contributed by atoms with Crippen molar-refractivity contribution in [3.8, 4) is 0 Å². The lowest BCUT2D eigenvalue weighted by Gasteiger charge is -2.09. The summed E-state index contributed by atoms with van der Waals surface area (Å²) in [4.78, 5) is 0. The van der Waals surface area contributed by atoms with Crippen LogP contribution >= 0.6 is 34.2 Å². The SMILES string of the molecule is FC(F)(F)CNCc1cc(Cl)ccc1I. The van der Waals surface area contributed by atoms with Gasteiger partial charge in [-0.1, -0.05) is 11.6 Å². The molecule has 0 bridgehead atoms. The van der Waals surface area contributed by atoms with Gasteiger partial charge in [0.2, 0.25) is 0 Å². The van der Waals surface area contributed by atoms with Crippen LogP contribution in [0.25, 0.3) is 0 Å². The number of halogens is 5. The highest BCUT2D eigenvalue weighted by Gasteiger charge is 2.26. The maximum atomic E-state index is 11.8. The predicted molar refractivity (Wildman–Crippen MR) is 61.9 cm³/mol. The Bertz CT molecular complexity index is 341. The van der Waals surface area contributed by atoms with Crippen LogP contribution in [0.5, 0.6) is 0 Å². The van der Waals surface area contributed by atoms with Crippen LogP contribution < -0.4 is 5.32 Å². The topological polar surface area (TPSA) is 12.0 Å². The van der Waals surface area contributed by atoms with Crippen molar-refractivity contribution >= 4 is 34.2 Å². The van der Waals surface area contributed by atoms with Crippen molar-refractivity contribution in [2.45, 2.75) is 12.7 Å². The lowest BCUT2D eigenvalue weighted by Crippen LogP contribution is -2.28. The number of rotatable bonds is 3. The predicted octanol–water partition coefficient (Wildman–Crippen LogP) is 3.60. The molecule has 0 atom stereocenters. The quantitative estimate of drug-likeness (QED) is 0.822. The molecule has 0 radical (unpaired) electrons. The molecule has 0 amide bonds. The smallest absolute Gasteiger partial charge is 0.305 e. The highest BCUT2D eigenvalue weighted by Crippen LogP contribution is 2.18. The van der Waals surface area contributed by atoms with Crippen LogP contribution in [-0.4, -0.2) is 12.7 Å². The highest BCUT2D eigenvalue weighted by atomic mass is 127. The second-order valence-corrected chi connectivity index (χ2v) is 4.55. The summed E-state index contributed by atoms with van der Waals surface area (Å²) in [6.45, 7) is -0.825. The zero-order chi connectivity index (χ0) is 11.5. The molecule has 1 aromatic rings. The van der Waals surface area contributed by atoms with Crippen molar-refractivity contribution < 1.29 is 13.2 Å². The standard InChI is InChI=1S/C9H8ClF3IN/c10-7-1-2-8(14)6(3-7)4-15-5-9(11,12)13/h1-3,15H,4-5H2. The van der Waals surface area contributed by atoms with Crippen LogP contribution in [0.15, 0.2) is 18.2 Å². The number of nitrogens with one attached hydrogen (secondary N) is 1. The van der Waals surface area contributed by atoms with E-state index in [0.29, 0.717) is 5.02 Å². The summed E-state index contributed by atoms with van der Waals surface area (Å²) in [5, 5.41) is 2.85. The minimum Gasteiger partial charge on any atom is -0.305 e. The van der Waals surface area contributed by atoms with Crippen molar-refractivity contribution in [3.05, 3.63) is 32.4 Å². The lowest BCUT2D eigenvalue weighted by atomic mass is 10.2. The van der Waals surface area contributed by atoms with Gasteiger partial charge < -0.3 is 5.32 Å². The van der Waals surface area contributed by atoms with Crippen LogP contribution in [0.1, 0.15) is 5.56 Å². The average molecular weight is 350 g/mol. The third kappa shape index (κ3) is 5.03. The number of alkyl halides is 3. The Kier molecular flexibility index (Phi) is 4.66. The van der Waals surface area contributed by atoms with Gasteiger partial charge in [-0.3, -0.25) is 0 Å². The Labute approximate surface area is 104 Å². The van der Waals surface area contributed by atoms with Gasteiger partial charge in [0.05, 0.1) is 6.54 Å². The molecule has 1 rings (SSSR count). The first kappa shape index (κ1) is 13.1. The molecule has 15 heavy (non-hydrogen) atoms. The van der Waals surface area contributed by atoms with Crippen molar-refractivity contribution in [1.82, 2.24) is 5.32 Å². The molecule has 84 valence electrons. The van der Waals surface area contributed by atoms with Crippen LogP contribution in [0.3, 0.4) is 0 Å². The Morgan fingerprint density at radius 3 is 2.60 bits per heavy atom. The van der Waals surface area contributed by atoms with Gasteiger partial charge in [0, 0.05) is 15.1 Å². The Balaban J connectivity index is 2.54. The minimum absolute atomic E-state index is 0.165. The van der Waals surface area contributed by atoms with E-state index in [1.165, 1.54) is 0 Å². The summed E-state index contributed by atoms with van der Waals surface area (Å²) in [7, 11) is 0. The third-order valence-corrected chi connectivity index (χ3v) is 2.94. The zero-order valence-corrected chi connectivity index (χ0v) is 10.4. The maximum absolute atomic E-state index is 11.8. The molecular formula is C9H8ClF3IN. The highest BCUT2D eigenvalue weighted by molar-refractivity contribution is 14.1.